The third kappa shape index (κ3) is 4.49. The van der Waals surface area contributed by atoms with Crippen molar-refractivity contribution in [2.24, 2.45) is 7.05 Å². The predicted octanol–water partition coefficient (Wildman–Crippen LogP) is 2.14. The number of nitrogens with zero attached hydrogens (tertiary/aromatic N) is 4. The van der Waals surface area contributed by atoms with Crippen molar-refractivity contribution in [3.63, 3.8) is 0 Å². The third-order valence-electron chi connectivity index (χ3n) is 4.49. The molecule has 0 radical (unpaired) electrons. The van der Waals surface area contributed by atoms with Crippen LogP contribution in [0.15, 0.2) is 0 Å². The summed E-state index contributed by atoms with van der Waals surface area (Å²) in [5.74, 6) is -0.827. The highest BCUT2D eigenvalue weighted by Gasteiger charge is 2.34. The maximum absolute atomic E-state index is 12.3. The fourth-order valence-corrected chi connectivity index (χ4v) is 3.23. The maximum atomic E-state index is 12.3. The molecule has 1 fully saturated rings. The SMILES string of the molecule is CCc1nn(C)c(CC)c1CN1CCN(C(=O)CC(F)(F)F)CC1. The van der Waals surface area contributed by atoms with Crippen molar-refractivity contribution in [1.82, 2.24) is 19.6 Å². The van der Waals surface area contributed by atoms with Crippen LogP contribution in [-0.2, 0) is 31.2 Å². The average Bonchev–Trinajstić information content (AvgIpc) is 2.81. The lowest BCUT2D eigenvalue weighted by molar-refractivity contribution is -0.162. The zero-order valence-electron chi connectivity index (χ0n) is 14.5. The summed E-state index contributed by atoms with van der Waals surface area (Å²) in [5, 5.41) is 4.55. The van der Waals surface area contributed by atoms with E-state index in [2.05, 4.69) is 23.8 Å². The van der Waals surface area contributed by atoms with E-state index in [0.29, 0.717) is 26.2 Å². The fourth-order valence-electron chi connectivity index (χ4n) is 3.23. The van der Waals surface area contributed by atoms with Gasteiger partial charge < -0.3 is 4.90 Å². The van der Waals surface area contributed by atoms with E-state index in [0.717, 1.165) is 25.1 Å². The second kappa shape index (κ2) is 7.55. The van der Waals surface area contributed by atoms with Crippen LogP contribution in [0.4, 0.5) is 13.2 Å². The summed E-state index contributed by atoms with van der Waals surface area (Å²) >= 11 is 0. The summed E-state index contributed by atoms with van der Waals surface area (Å²) in [6, 6.07) is 0. The zero-order valence-corrected chi connectivity index (χ0v) is 14.5. The molecule has 0 bridgehead atoms. The molecule has 24 heavy (non-hydrogen) atoms. The number of amides is 1. The highest BCUT2D eigenvalue weighted by atomic mass is 19.4. The molecule has 1 aliphatic rings. The van der Waals surface area contributed by atoms with Crippen LogP contribution in [0.1, 0.15) is 37.2 Å². The molecule has 1 aliphatic heterocycles. The van der Waals surface area contributed by atoms with Gasteiger partial charge in [0.25, 0.3) is 0 Å². The number of aryl methyl sites for hydroxylation is 2. The van der Waals surface area contributed by atoms with E-state index < -0.39 is 18.5 Å². The molecule has 1 amide bonds. The van der Waals surface area contributed by atoms with E-state index in [4.69, 9.17) is 0 Å². The van der Waals surface area contributed by atoms with Gasteiger partial charge in [-0.05, 0) is 12.8 Å². The van der Waals surface area contributed by atoms with E-state index in [1.54, 1.807) is 0 Å². The number of piperazine rings is 1. The second-order valence-corrected chi connectivity index (χ2v) is 6.15. The Morgan fingerprint density at radius 1 is 1.12 bits per heavy atom. The molecule has 2 heterocycles. The summed E-state index contributed by atoms with van der Waals surface area (Å²) in [6.45, 7) is 6.76. The van der Waals surface area contributed by atoms with Crippen LogP contribution in [0, 0.1) is 0 Å². The number of rotatable bonds is 5. The highest BCUT2D eigenvalue weighted by Crippen LogP contribution is 2.22. The smallest absolute Gasteiger partial charge is 0.340 e. The molecule has 0 saturated carbocycles. The van der Waals surface area contributed by atoms with Crippen molar-refractivity contribution < 1.29 is 18.0 Å². The Kier molecular flexibility index (Phi) is 5.90. The largest absolute Gasteiger partial charge is 0.397 e. The average molecular weight is 346 g/mol. The molecule has 0 N–H and O–H groups in total. The standard InChI is InChI=1S/C16H25F3N4O/c1-4-13-12(14(5-2)21(3)20-13)11-22-6-8-23(9-7-22)15(24)10-16(17,18)19/h4-11H2,1-3H3. The number of carbonyl (C=O) groups excluding carboxylic acids is 1. The van der Waals surface area contributed by atoms with Gasteiger partial charge in [0.2, 0.25) is 5.91 Å². The summed E-state index contributed by atoms with van der Waals surface area (Å²) in [4.78, 5) is 15.2. The van der Waals surface area contributed by atoms with E-state index in [1.165, 1.54) is 16.2 Å². The van der Waals surface area contributed by atoms with Crippen LogP contribution in [0.3, 0.4) is 0 Å². The molecular formula is C16H25F3N4O. The minimum atomic E-state index is -4.43. The number of hydrogen-bond acceptors (Lipinski definition) is 3. The molecule has 1 aromatic rings. The molecular weight excluding hydrogens is 321 g/mol. The Labute approximate surface area is 140 Å². The summed E-state index contributed by atoms with van der Waals surface area (Å²) in [5.41, 5.74) is 3.49. The Morgan fingerprint density at radius 2 is 1.75 bits per heavy atom. The van der Waals surface area contributed by atoms with Gasteiger partial charge in [-0.3, -0.25) is 14.4 Å². The molecule has 2 rings (SSSR count). The first-order valence-electron chi connectivity index (χ1n) is 8.35. The van der Waals surface area contributed by atoms with Crippen molar-refractivity contribution in [2.45, 2.75) is 45.8 Å². The van der Waals surface area contributed by atoms with Crippen LogP contribution in [0.2, 0.25) is 0 Å². The van der Waals surface area contributed by atoms with Gasteiger partial charge in [-0.2, -0.15) is 18.3 Å². The first-order valence-corrected chi connectivity index (χ1v) is 8.35. The van der Waals surface area contributed by atoms with Crippen molar-refractivity contribution in [3.05, 3.63) is 17.0 Å². The van der Waals surface area contributed by atoms with Crippen molar-refractivity contribution in [3.8, 4) is 0 Å². The Bertz CT molecular complexity index is 575. The third-order valence-corrected chi connectivity index (χ3v) is 4.49. The molecule has 1 saturated heterocycles. The van der Waals surface area contributed by atoms with E-state index in [-0.39, 0.29) is 0 Å². The zero-order chi connectivity index (χ0) is 17.9. The van der Waals surface area contributed by atoms with Crippen LogP contribution in [0.25, 0.3) is 0 Å². The first kappa shape index (κ1) is 18.8. The van der Waals surface area contributed by atoms with Gasteiger partial charge in [0.05, 0.1) is 5.69 Å². The Balaban J connectivity index is 1.95. The molecule has 0 spiro atoms. The number of carbonyl (C=O) groups is 1. The van der Waals surface area contributed by atoms with Gasteiger partial charge in [-0.15, -0.1) is 0 Å². The molecule has 8 heteroatoms. The number of hydrogen-bond donors (Lipinski definition) is 0. The Hall–Kier alpha value is -1.57. The van der Waals surface area contributed by atoms with Crippen molar-refractivity contribution >= 4 is 5.91 Å². The van der Waals surface area contributed by atoms with Gasteiger partial charge in [0.15, 0.2) is 0 Å². The number of aromatic nitrogens is 2. The van der Waals surface area contributed by atoms with Gasteiger partial charge in [0.1, 0.15) is 6.42 Å². The van der Waals surface area contributed by atoms with Gasteiger partial charge in [-0.1, -0.05) is 13.8 Å². The summed E-state index contributed by atoms with van der Waals surface area (Å²) in [6.07, 6.45) is -4.05. The fraction of sp³-hybridized carbons (Fsp3) is 0.750. The minimum absolute atomic E-state index is 0.345. The maximum Gasteiger partial charge on any atom is 0.397 e. The Morgan fingerprint density at radius 3 is 2.25 bits per heavy atom. The molecule has 0 atom stereocenters. The first-order chi connectivity index (χ1) is 11.2. The minimum Gasteiger partial charge on any atom is -0.340 e. The topological polar surface area (TPSA) is 41.4 Å². The van der Waals surface area contributed by atoms with Crippen LogP contribution < -0.4 is 0 Å². The molecule has 0 unspecified atom stereocenters. The van der Waals surface area contributed by atoms with Crippen LogP contribution in [-0.4, -0.2) is 57.8 Å². The van der Waals surface area contributed by atoms with Gasteiger partial charge in [0, 0.05) is 51.0 Å². The lowest BCUT2D eigenvalue weighted by atomic mass is 10.1. The lowest BCUT2D eigenvalue weighted by Crippen LogP contribution is -2.49. The molecule has 0 aromatic carbocycles. The van der Waals surface area contributed by atoms with Crippen LogP contribution in [0.5, 0.6) is 0 Å². The van der Waals surface area contributed by atoms with Gasteiger partial charge >= 0.3 is 6.18 Å². The van der Waals surface area contributed by atoms with E-state index >= 15 is 0 Å². The summed E-state index contributed by atoms with van der Waals surface area (Å²) < 4.78 is 38.9. The molecule has 136 valence electrons. The van der Waals surface area contributed by atoms with E-state index in [9.17, 15) is 18.0 Å². The van der Waals surface area contributed by atoms with Gasteiger partial charge in [-0.25, -0.2) is 0 Å². The van der Waals surface area contributed by atoms with Crippen molar-refractivity contribution in [2.75, 3.05) is 26.2 Å². The normalized spacial score (nSPS) is 16.7. The monoisotopic (exact) mass is 346 g/mol. The van der Waals surface area contributed by atoms with E-state index in [1.807, 2.05) is 11.7 Å². The van der Waals surface area contributed by atoms with Crippen molar-refractivity contribution in [1.29, 1.82) is 0 Å². The molecule has 1 aromatic heterocycles. The predicted molar refractivity (Wildman–Crippen MR) is 84.5 cm³/mol. The second-order valence-electron chi connectivity index (χ2n) is 6.15. The summed E-state index contributed by atoms with van der Waals surface area (Å²) in [7, 11) is 1.94. The highest BCUT2D eigenvalue weighted by molar-refractivity contribution is 5.76. The molecule has 5 nitrogen and oxygen atoms in total. The quantitative estimate of drug-likeness (QED) is 0.820. The van der Waals surface area contributed by atoms with Crippen LogP contribution >= 0.6 is 0 Å². The number of halogens is 3. The molecule has 0 aliphatic carbocycles. The lowest BCUT2D eigenvalue weighted by Gasteiger charge is -2.35. The number of alkyl halides is 3.